The van der Waals surface area contributed by atoms with Crippen LogP contribution in [0.1, 0.15) is 51.7 Å². The number of para-hydroxylation sites is 1. The molecule has 0 aliphatic rings. The molecular weight excluding hydrogens is 288 g/mol. The Balaban J connectivity index is 2.74. The van der Waals surface area contributed by atoms with Gasteiger partial charge in [-0.3, -0.25) is 9.59 Å². The molecule has 0 aromatic heterocycles. The van der Waals surface area contributed by atoms with Gasteiger partial charge in [0, 0.05) is 32.1 Å². The number of aryl methyl sites for hydroxylation is 2. The van der Waals surface area contributed by atoms with Crippen molar-refractivity contribution >= 4 is 17.5 Å². The molecule has 23 heavy (non-hydrogen) atoms. The van der Waals surface area contributed by atoms with E-state index in [-0.39, 0.29) is 11.8 Å². The van der Waals surface area contributed by atoms with Crippen LogP contribution in [0.25, 0.3) is 0 Å². The van der Waals surface area contributed by atoms with Gasteiger partial charge in [0.25, 0.3) is 0 Å². The second-order valence-corrected chi connectivity index (χ2v) is 6.39. The summed E-state index contributed by atoms with van der Waals surface area (Å²) in [6.45, 7) is 11.0. The van der Waals surface area contributed by atoms with E-state index in [4.69, 9.17) is 0 Å². The maximum atomic E-state index is 12.1. The van der Waals surface area contributed by atoms with Crippen molar-refractivity contribution in [2.45, 2.75) is 53.9 Å². The van der Waals surface area contributed by atoms with Crippen molar-refractivity contribution in [3.05, 3.63) is 29.3 Å². The van der Waals surface area contributed by atoms with Gasteiger partial charge in [0.1, 0.15) is 0 Å². The van der Waals surface area contributed by atoms with Crippen LogP contribution in [0, 0.1) is 12.8 Å². The topological polar surface area (TPSA) is 49.4 Å². The van der Waals surface area contributed by atoms with Gasteiger partial charge in [0.2, 0.25) is 11.8 Å². The number of rotatable bonds is 8. The third-order valence-corrected chi connectivity index (χ3v) is 3.96. The Morgan fingerprint density at radius 1 is 1.26 bits per heavy atom. The molecular formula is C19H30N2O2. The van der Waals surface area contributed by atoms with Gasteiger partial charge in [0.15, 0.2) is 0 Å². The van der Waals surface area contributed by atoms with Crippen LogP contribution in [0.2, 0.25) is 0 Å². The van der Waals surface area contributed by atoms with Gasteiger partial charge in [-0.15, -0.1) is 0 Å². The van der Waals surface area contributed by atoms with Crippen LogP contribution in [0.15, 0.2) is 18.2 Å². The first-order valence-corrected chi connectivity index (χ1v) is 8.50. The highest BCUT2D eigenvalue weighted by molar-refractivity contribution is 5.94. The number of amides is 2. The Morgan fingerprint density at radius 2 is 1.96 bits per heavy atom. The molecule has 1 aromatic carbocycles. The number of carbonyl (C=O) groups is 2. The molecule has 0 unspecified atom stereocenters. The Kier molecular flexibility index (Phi) is 7.79. The fourth-order valence-corrected chi connectivity index (χ4v) is 2.62. The molecule has 128 valence electrons. The van der Waals surface area contributed by atoms with Crippen LogP contribution >= 0.6 is 0 Å². The van der Waals surface area contributed by atoms with Gasteiger partial charge in [-0.25, -0.2) is 0 Å². The molecule has 1 aromatic rings. The maximum absolute atomic E-state index is 12.1. The minimum Gasteiger partial charge on any atom is -0.356 e. The highest BCUT2D eigenvalue weighted by atomic mass is 16.2. The first kappa shape index (κ1) is 19.2. The highest BCUT2D eigenvalue weighted by Gasteiger charge is 2.18. The lowest BCUT2D eigenvalue weighted by atomic mass is 10.0. The summed E-state index contributed by atoms with van der Waals surface area (Å²) in [6, 6.07) is 6.06. The Bertz CT molecular complexity index is 538. The molecule has 0 fully saturated rings. The van der Waals surface area contributed by atoms with Crippen molar-refractivity contribution in [2.75, 3.05) is 18.0 Å². The Labute approximate surface area is 140 Å². The molecule has 0 bridgehead atoms. The van der Waals surface area contributed by atoms with Crippen molar-refractivity contribution in [1.29, 1.82) is 0 Å². The summed E-state index contributed by atoms with van der Waals surface area (Å²) in [5.74, 6) is 0.551. The summed E-state index contributed by atoms with van der Waals surface area (Å²) in [5.41, 5.74) is 3.16. The predicted molar refractivity (Wildman–Crippen MR) is 95.7 cm³/mol. The van der Waals surface area contributed by atoms with Gasteiger partial charge in [-0.1, -0.05) is 39.0 Å². The molecule has 1 N–H and O–H groups in total. The predicted octanol–water partition coefficient (Wildman–Crippen LogP) is 3.46. The SMILES string of the molecule is CCc1cccc(C)c1N(CCC(=O)NCCC(C)C)C(C)=O. The molecule has 0 atom stereocenters. The number of anilines is 1. The number of carbonyl (C=O) groups excluding carboxylic acids is 2. The normalized spacial score (nSPS) is 10.7. The van der Waals surface area contributed by atoms with E-state index in [0.717, 1.165) is 29.7 Å². The largest absolute Gasteiger partial charge is 0.356 e. The van der Waals surface area contributed by atoms with Crippen molar-refractivity contribution in [3.63, 3.8) is 0 Å². The fourth-order valence-electron chi connectivity index (χ4n) is 2.62. The average molecular weight is 318 g/mol. The molecule has 0 spiro atoms. The maximum Gasteiger partial charge on any atom is 0.223 e. The molecule has 0 saturated heterocycles. The summed E-state index contributed by atoms with van der Waals surface area (Å²) in [5, 5.41) is 2.93. The Hall–Kier alpha value is -1.84. The molecule has 4 heteroatoms. The quantitative estimate of drug-likeness (QED) is 0.798. The number of benzene rings is 1. The van der Waals surface area contributed by atoms with Crippen LogP contribution < -0.4 is 10.2 Å². The van der Waals surface area contributed by atoms with E-state index in [1.165, 1.54) is 0 Å². The van der Waals surface area contributed by atoms with Crippen LogP contribution in [-0.4, -0.2) is 24.9 Å². The summed E-state index contributed by atoms with van der Waals surface area (Å²) >= 11 is 0. The van der Waals surface area contributed by atoms with E-state index in [1.807, 2.05) is 25.1 Å². The zero-order valence-electron chi connectivity index (χ0n) is 15.1. The third kappa shape index (κ3) is 6.05. The molecule has 0 heterocycles. The van der Waals surface area contributed by atoms with Crippen molar-refractivity contribution in [3.8, 4) is 0 Å². The monoisotopic (exact) mass is 318 g/mol. The van der Waals surface area contributed by atoms with Crippen molar-refractivity contribution < 1.29 is 9.59 Å². The second-order valence-electron chi connectivity index (χ2n) is 6.39. The molecule has 0 aliphatic heterocycles. The van der Waals surface area contributed by atoms with Gasteiger partial charge >= 0.3 is 0 Å². The second kappa shape index (κ2) is 9.33. The number of nitrogens with one attached hydrogen (secondary N) is 1. The van der Waals surface area contributed by atoms with E-state index in [1.54, 1.807) is 11.8 Å². The zero-order valence-corrected chi connectivity index (χ0v) is 15.1. The average Bonchev–Trinajstić information content (AvgIpc) is 2.48. The lowest BCUT2D eigenvalue weighted by Crippen LogP contribution is -2.35. The minimum absolute atomic E-state index is 0.00327. The van der Waals surface area contributed by atoms with Crippen molar-refractivity contribution in [2.24, 2.45) is 5.92 Å². The summed E-state index contributed by atoms with van der Waals surface area (Å²) in [4.78, 5) is 25.8. The van der Waals surface area contributed by atoms with Gasteiger partial charge in [-0.05, 0) is 36.8 Å². The molecule has 2 amide bonds. The number of nitrogens with zero attached hydrogens (tertiary/aromatic N) is 1. The summed E-state index contributed by atoms with van der Waals surface area (Å²) in [7, 11) is 0. The Morgan fingerprint density at radius 3 is 2.52 bits per heavy atom. The standard InChI is InChI=1S/C19H30N2O2/c1-6-17-9-7-8-15(4)19(17)21(16(5)22)13-11-18(23)20-12-10-14(2)3/h7-9,14H,6,10-13H2,1-5H3,(H,20,23). The van der Waals surface area contributed by atoms with Crippen LogP contribution in [0.4, 0.5) is 5.69 Å². The van der Waals surface area contributed by atoms with Crippen LogP contribution in [-0.2, 0) is 16.0 Å². The van der Waals surface area contributed by atoms with E-state index in [0.29, 0.717) is 25.4 Å². The van der Waals surface area contributed by atoms with Gasteiger partial charge in [0.05, 0.1) is 0 Å². The zero-order chi connectivity index (χ0) is 17.4. The summed E-state index contributed by atoms with van der Waals surface area (Å²) in [6.07, 6.45) is 2.16. The molecule has 0 radical (unpaired) electrons. The number of hydrogen-bond donors (Lipinski definition) is 1. The smallest absolute Gasteiger partial charge is 0.223 e. The fraction of sp³-hybridized carbons (Fsp3) is 0.579. The van der Waals surface area contributed by atoms with E-state index in [9.17, 15) is 9.59 Å². The van der Waals surface area contributed by atoms with Crippen molar-refractivity contribution in [1.82, 2.24) is 5.32 Å². The van der Waals surface area contributed by atoms with Gasteiger partial charge < -0.3 is 10.2 Å². The lowest BCUT2D eigenvalue weighted by molar-refractivity contribution is -0.121. The molecule has 1 rings (SSSR count). The first-order chi connectivity index (χ1) is 10.9. The van der Waals surface area contributed by atoms with Gasteiger partial charge in [-0.2, -0.15) is 0 Å². The molecule has 0 saturated carbocycles. The summed E-state index contributed by atoms with van der Waals surface area (Å²) < 4.78 is 0. The first-order valence-electron chi connectivity index (χ1n) is 8.50. The van der Waals surface area contributed by atoms with E-state index < -0.39 is 0 Å². The highest BCUT2D eigenvalue weighted by Crippen LogP contribution is 2.26. The van der Waals surface area contributed by atoms with Crippen LogP contribution in [0.3, 0.4) is 0 Å². The van der Waals surface area contributed by atoms with Crippen LogP contribution in [0.5, 0.6) is 0 Å². The van der Waals surface area contributed by atoms with E-state index in [2.05, 4.69) is 26.1 Å². The minimum atomic E-state index is -0.0241. The molecule has 0 aliphatic carbocycles. The third-order valence-electron chi connectivity index (χ3n) is 3.96. The van der Waals surface area contributed by atoms with E-state index >= 15 is 0 Å². The molecule has 4 nitrogen and oxygen atoms in total. The number of hydrogen-bond acceptors (Lipinski definition) is 2. The lowest BCUT2D eigenvalue weighted by Gasteiger charge is -2.25.